The number of aromatic nitrogens is 3. The van der Waals surface area contributed by atoms with E-state index in [0.717, 1.165) is 26.6 Å². The van der Waals surface area contributed by atoms with Crippen LogP contribution in [0, 0.1) is 13.8 Å². The molecule has 2 heterocycles. The lowest BCUT2D eigenvalue weighted by atomic mass is 10.2. The summed E-state index contributed by atoms with van der Waals surface area (Å²) in [4.78, 5) is 13.1. The molecule has 0 atom stereocenters. The SMILES string of the molecule is Cc1ccc2nc(Nc3ncnc(Nc4cc(Cl)ccc4C)c3N)sc2c1. The smallest absolute Gasteiger partial charge is 0.189 e. The zero-order valence-corrected chi connectivity index (χ0v) is 16.3. The number of hydrogen-bond acceptors (Lipinski definition) is 7. The van der Waals surface area contributed by atoms with Crippen LogP contribution in [0.5, 0.6) is 0 Å². The molecule has 0 fully saturated rings. The maximum absolute atomic E-state index is 6.28. The Morgan fingerprint density at radius 3 is 2.59 bits per heavy atom. The fourth-order valence-corrected chi connectivity index (χ4v) is 3.77. The molecule has 27 heavy (non-hydrogen) atoms. The number of nitrogens with two attached hydrogens (primary N) is 1. The van der Waals surface area contributed by atoms with E-state index in [0.29, 0.717) is 22.3 Å². The zero-order valence-electron chi connectivity index (χ0n) is 14.7. The Morgan fingerprint density at radius 1 is 1.00 bits per heavy atom. The minimum Gasteiger partial charge on any atom is -0.393 e. The predicted octanol–water partition coefficient (Wildman–Crippen LogP) is 5.43. The molecule has 136 valence electrons. The Bertz CT molecular complexity index is 1140. The summed E-state index contributed by atoms with van der Waals surface area (Å²) in [6.45, 7) is 4.04. The van der Waals surface area contributed by atoms with E-state index < -0.39 is 0 Å². The second-order valence-corrected chi connectivity index (χ2v) is 7.65. The Balaban J connectivity index is 1.63. The van der Waals surface area contributed by atoms with E-state index in [1.807, 2.05) is 37.3 Å². The van der Waals surface area contributed by atoms with Crippen LogP contribution in [0.2, 0.25) is 5.02 Å². The van der Waals surface area contributed by atoms with Crippen molar-refractivity contribution in [3.8, 4) is 0 Å². The van der Waals surface area contributed by atoms with Crippen LogP contribution >= 0.6 is 22.9 Å². The van der Waals surface area contributed by atoms with Gasteiger partial charge in [-0.2, -0.15) is 0 Å². The van der Waals surface area contributed by atoms with Crippen LogP contribution < -0.4 is 16.4 Å². The van der Waals surface area contributed by atoms with Crippen LogP contribution in [0.4, 0.5) is 28.1 Å². The number of rotatable bonds is 4. The highest BCUT2D eigenvalue weighted by Crippen LogP contribution is 2.33. The molecule has 0 bridgehead atoms. The van der Waals surface area contributed by atoms with E-state index in [2.05, 4.69) is 38.6 Å². The summed E-state index contributed by atoms with van der Waals surface area (Å²) < 4.78 is 1.11. The van der Waals surface area contributed by atoms with Crippen molar-refractivity contribution in [2.75, 3.05) is 16.4 Å². The highest BCUT2D eigenvalue weighted by Gasteiger charge is 2.12. The number of nitrogen functional groups attached to an aromatic ring is 1. The lowest BCUT2D eigenvalue weighted by Crippen LogP contribution is -2.05. The van der Waals surface area contributed by atoms with E-state index in [1.165, 1.54) is 11.9 Å². The maximum atomic E-state index is 6.28. The van der Waals surface area contributed by atoms with Gasteiger partial charge in [-0.3, -0.25) is 0 Å². The summed E-state index contributed by atoms with van der Waals surface area (Å²) in [7, 11) is 0. The second kappa shape index (κ2) is 7.02. The van der Waals surface area contributed by atoms with Crippen molar-refractivity contribution in [3.05, 3.63) is 58.9 Å². The minimum absolute atomic E-state index is 0.410. The van der Waals surface area contributed by atoms with Gasteiger partial charge in [0.1, 0.15) is 12.0 Å². The normalized spacial score (nSPS) is 10.9. The molecule has 8 heteroatoms. The van der Waals surface area contributed by atoms with Crippen LogP contribution in [0.3, 0.4) is 0 Å². The zero-order chi connectivity index (χ0) is 19.0. The van der Waals surface area contributed by atoms with Crippen LogP contribution in [0.1, 0.15) is 11.1 Å². The number of thiazole rings is 1. The van der Waals surface area contributed by atoms with Crippen molar-refractivity contribution in [2.45, 2.75) is 13.8 Å². The molecular weight excluding hydrogens is 380 g/mol. The Morgan fingerprint density at radius 2 is 1.78 bits per heavy atom. The van der Waals surface area contributed by atoms with Gasteiger partial charge in [-0.15, -0.1) is 0 Å². The number of aryl methyl sites for hydroxylation is 2. The van der Waals surface area contributed by atoms with Crippen LogP contribution in [-0.4, -0.2) is 15.0 Å². The maximum Gasteiger partial charge on any atom is 0.189 e. The molecule has 0 saturated heterocycles. The molecule has 4 rings (SSSR count). The monoisotopic (exact) mass is 396 g/mol. The van der Waals surface area contributed by atoms with Crippen molar-refractivity contribution >= 4 is 61.3 Å². The Kier molecular flexibility index (Phi) is 4.55. The molecule has 0 radical (unpaired) electrons. The van der Waals surface area contributed by atoms with Gasteiger partial charge in [0.2, 0.25) is 0 Å². The summed E-state index contributed by atoms with van der Waals surface area (Å²) in [6, 6.07) is 11.8. The lowest BCUT2D eigenvalue weighted by Gasteiger charge is -2.13. The lowest BCUT2D eigenvalue weighted by molar-refractivity contribution is 1.17. The highest BCUT2D eigenvalue weighted by molar-refractivity contribution is 7.22. The fraction of sp³-hybridized carbons (Fsp3) is 0.105. The van der Waals surface area contributed by atoms with Gasteiger partial charge in [-0.1, -0.05) is 35.1 Å². The molecule has 0 aliphatic carbocycles. The number of hydrogen-bond donors (Lipinski definition) is 3. The van der Waals surface area contributed by atoms with E-state index >= 15 is 0 Å². The molecular formula is C19H17ClN6S. The number of anilines is 5. The van der Waals surface area contributed by atoms with E-state index in [-0.39, 0.29) is 0 Å². The molecule has 0 aliphatic rings. The highest BCUT2D eigenvalue weighted by atomic mass is 35.5. The molecule has 4 aromatic rings. The third-order valence-corrected chi connectivity index (χ3v) is 5.27. The van der Waals surface area contributed by atoms with Gasteiger partial charge in [-0.05, 0) is 49.2 Å². The fourth-order valence-electron chi connectivity index (χ4n) is 2.64. The third kappa shape index (κ3) is 3.65. The summed E-state index contributed by atoms with van der Waals surface area (Å²) >= 11 is 7.64. The van der Waals surface area contributed by atoms with E-state index in [4.69, 9.17) is 17.3 Å². The summed E-state index contributed by atoms with van der Waals surface area (Å²) in [5, 5.41) is 7.79. The number of nitrogens with one attached hydrogen (secondary N) is 2. The Labute approximate surface area is 165 Å². The van der Waals surface area contributed by atoms with Gasteiger partial charge < -0.3 is 16.4 Å². The molecule has 4 N–H and O–H groups in total. The number of nitrogens with zero attached hydrogens (tertiary/aromatic N) is 3. The van der Waals surface area contributed by atoms with Crippen molar-refractivity contribution in [1.29, 1.82) is 0 Å². The molecule has 2 aromatic carbocycles. The average molecular weight is 397 g/mol. The molecule has 0 amide bonds. The molecule has 6 nitrogen and oxygen atoms in total. The van der Waals surface area contributed by atoms with Crippen LogP contribution in [-0.2, 0) is 0 Å². The largest absolute Gasteiger partial charge is 0.393 e. The molecule has 0 aliphatic heterocycles. The summed E-state index contributed by atoms with van der Waals surface area (Å²) in [6.07, 6.45) is 1.46. The first-order chi connectivity index (χ1) is 13.0. The first-order valence-electron chi connectivity index (χ1n) is 8.27. The first-order valence-corrected chi connectivity index (χ1v) is 9.47. The number of fused-ring (bicyclic) bond motifs is 1. The van der Waals surface area contributed by atoms with Gasteiger partial charge in [-0.25, -0.2) is 15.0 Å². The van der Waals surface area contributed by atoms with Gasteiger partial charge in [0.05, 0.1) is 10.2 Å². The standard InChI is InChI=1S/C19H17ClN6S/c1-10-3-6-13-15(7-10)27-19(25-13)26-18-16(21)17(22-9-23-18)24-14-8-12(20)5-4-11(14)2/h3-9H,21H2,1-2H3,(H2,22,23,24,25,26). The molecule has 2 aromatic heterocycles. The summed E-state index contributed by atoms with van der Waals surface area (Å²) in [5.41, 5.74) is 10.7. The van der Waals surface area contributed by atoms with Crippen LogP contribution in [0.15, 0.2) is 42.7 Å². The van der Waals surface area contributed by atoms with Crippen molar-refractivity contribution in [2.24, 2.45) is 0 Å². The minimum atomic E-state index is 0.410. The second-order valence-electron chi connectivity index (χ2n) is 6.18. The molecule has 0 unspecified atom stereocenters. The van der Waals surface area contributed by atoms with Crippen LogP contribution in [0.25, 0.3) is 10.2 Å². The molecule has 0 saturated carbocycles. The van der Waals surface area contributed by atoms with E-state index in [1.54, 1.807) is 11.3 Å². The Hall–Kier alpha value is -2.90. The van der Waals surface area contributed by atoms with Crippen molar-refractivity contribution < 1.29 is 0 Å². The number of benzene rings is 2. The van der Waals surface area contributed by atoms with Crippen molar-refractivity contribution in [3.63, 3.8) is 0 Å². The van der Waals surface area contributed by atoms with Gasteiger partial charge in [0.25, 0.3) is 0 Å². The van der Waals surface area contributed by atoms with Crippen molar-refractivity contribution in [1.82, 2.24) is 15.0 Å². The number of halogens is 1. The third-order valence-electron chi connectivity index (χ3n) is 4.11. The quantitative estimate of drug-likeness (QED) is 0.426. The van der Waals surface area contributed by atoms with Gasteiger partial charge in [0, 0.05) is 10.7 Å². The van der Waals surface area contributed by atoms with Gasteiger partial charge >= 0.3 is 0 Å². The topological polar surface area (TPSA) is 88.8 Å². The average Bonchev–Trinajstić information content (AvgIpc) is 3.03. The first kappa shape index (κ1) is 17.5. The van der Waals surface area contributed by atoms with Gasteiger partial charge in [0.15, 0.2) is 16.8 Å². The predicted molar refractivity (Wildman–Crippen MR) is 114 cm³/mol. The molecule has 0 spiro atoms. The summed E-state index contributed by atoms with van der Waals surface area (Å²) in [5.74, 6) is 1.01. The van der Waals surface area contributed by atoms with E-state index in [9.17, 15) is 0 Å².